The minimum Gasteiger partial charge on any atom is -0.388 e. The van der Waals surface area contributed by atoms with Gasteiger partial charge in [-0.05, 0) is 18.1 Å². The van der Waals surface area contributed by atoms with Crippen molar-refractivity contribution in [3.63, 3.8) is 0 Å². The Labute approximate surface area is 99.9 Å². The van der Waals surface area contributed by atoms with Crippen molar-refractivity contribution in [2.45, 2.75) is 25.2 Å². The fourth-order valence-electron chi connectivity index (χ4n) is 1.77. The molecule has 1 aliphatic rings. The van der Waals surface area contributed by atoms with Crippen LogP contribution >= 0.6 is 11.6 Å². The van der Waals surface area contributed by atoms with Crippen LogP contribution < -0.4 is 0 Å². The third-order valence-electron chi connectivity index (χ3n) is 2.63. The number of hydrogen-bond donors (Lipinski definition) is 1. The fraction of sp³-hybridized carbons (Fsp3) is 0.500. The van der Waals surface area contributed by atoms with Crippen molar-refractivity contribution in [1.29, 1.82) is 0 Å². The second-order valence-electron chi connectivity index (χ2n) is 3.79. The van der Waals surface area contributed by atoms with Gasteiger partial charge in [0.2, 0.25) is 0 Å². The molecule has 1 aliphatic heterocycles. The zero-order valence-electron chi connectivity index (χ0n) is 8.93. The lowest BCUT2D eigenvalue weighted by atomic mass is 10.0. The van der Waals surface area contributed by atoms with E-state index in [1.54, 1.807) is 6.07 Å². The maximum Gasteiger partial charge on any atom is 0.157 e. The molecule has 0 amide bonds. The molecule has 1 N–H and O–H groups in total. The summed E-state index contributed by atoms with van der Waals surface area (Å²) >= 11 is 5.99. The minimum absolute atomic E-state index is 0.169. The number of aliphatic hydroxyl groups excluding tert-OH is 1. The van der Waals surface area contributed by atoms with Crippen LogP contribution in [0.4, 0.5) is 0 Å². The molecular formula is C12H15ClO3. The first-order valence-electron chi connectivity index (χ1n) is 5.43. The third-order valence-corrected chi connectivity index (χ3v) is 2.98. The molecular weight excluding hydrogens is 228 g/mol. The van der Waals surface area contributed by atoms with Crippen molar-refractivity contribution >= 4 is 11.6 Å². The Balaban J connectivity index is 1.87. The van der Waals surface area contributed by atoms with E-state index >= 15 is 0 Å². The first-order chi connectivity index (χ1) is 7.77. The summed E-state index contributed by atoms with van der Waals surface area (Å²) in [5.41, 5.74) is 0.766. The molecule has 3 nitrogen and oxygen atoms in total. The monoisotopic (exact) mass is 242 g/mol. The van der Waals surface area contributed by atoms with Gasteiger partial charge in [-0.25, -0.2) is 0 Å². The summed E-state index contributed by atoms with van der Waals surface area (Å²) in [5.74, 6) is 0. The van der Waals surface area contributed by atoms with Crippen molar-refractivity contribution in [2.24, 2.45) is 0 Å². The molecule has 2 rings (SSSR count). The smallest absolute Gasteiger partial charge is 0.157 e. The van der Waals surface area contributed by atoms with Crippen LogP contribution in [0.25, 0.3) is 0 Å². The van der Waals surface area contributed by atoms with Gasteiger partial charge in [-0.2, -0.15) is 0 Å². The molecule has 1 fully saturated rings. The van der Waals surface area contributed by atoms with E-state index in [1.165, 1.54) is 0 Å². The van der Waals surface area contributed by atoms with Crippen molar-refractivity contribution in [1.82, 2.24) is 0 Å². The molecule has 88 valence electrons. The molecule has 1 saturated heterocycles. The molecule has 0 saturated carbocycles. The maximum absolute atomic E-state index is 9.97. The molecule has 4 heteroatoms. The van der Waals surface area contributed by atoms with Crippen molar-refractivity contribution < 1.29 is 14.6 Å². The first-order valence-corrected chi connectivity index (χ1v) is 5.81. The Morgan fingerprint density at radius 3 is 2.69 bits per heavy atom. The first kappa shape index (κ1) is 11.9. The van der Waals surface area contributed by atoms with Crippen molar-refractivity contribution in [2.75, 3.05) is 13.2 Å². The SMILES string of the molecule is OC(CCC1OCCO1)c1ccccc1Cl. The average molecular weight is 243 g/mol. The van der Waals surface area contributed by atoms with Gasteiger partial charge in [0.1, 0.15) is 0 Å². The van der Waals surface area contributed by atoms with Gasteiger partial charge in [0, 0.05) is 11.4 Å². The van der Waals surface area contributed by atoms with Gasteiger partial charge in [-0.1, -0.05) is 29.8 Å². The molecule has 1 aromatic carbocycles. The molecule has 0 radical (unpaired) electrons. The predicted octanol–water partition coefficient (Wildman–Crippen LogP) is 2.53. The van der Waals surface area contributed by atoms with Crippen LogP contribution in [0.15, 0.2) is 24.3 Å². The van der Waals surface area contributed by atoms with E-state index in [4.69, 9.17) is 21.1 Å². The van der Waals surface area contributed by atoms with E-state index in [0.29, 0.717) is 31.1 Å². The van der Waals surface area contributed by atoms with Crippen molar-refractivity contribution in [3.8, 4) is 0 Å². The number of hydrogen-bond acceptors (Lipinski definition) is 3. The summed E-state index contributed by atoms with van der Waals surface area (Å²) in [6.45, 7) is 1.29. The van der Waals surface area contributed by atoms with Crippen LogP contribution in [0.3, 0.4) is 0 Å². The van der Waals surface area contributed by atoms with Crippen LogP contribution in [0, 0.1) is 0 Å². The molecule has 1 atom stereocenters. The lowest BCUT2D eigenvalue weighted by Crippen LogP contribution is -2.10. The third kappa shape index (κ3) is 2.95. The number of rotatable bonds is 4. The Kier molecular flexibility index (Phi) is 4.18. The number of ether oxygens (including phenoxy) is 2. The Morgan fingerprint density at radius 2 is 2.00 bits per heavy atom. The second kappa shape index (κ2) is 5.64. The largest absolute Gasteiger partial charge is 0.388 e. The van der Waals surface area contributed by atoms with Crippen LogP contribution in [-0.4, -0.2) is 24.6 Å². The maximum atomic E-state index is 9.97. The van der Waals surface area contributed by atoms with E-state index in [2.05, 4.69) is 0 Å². The zero-order valence-corrected chi connectivity index (χ0v) is 9.69. The van der Waals surface area contributed by atoms with Gasteiger partial charge in [-0.15, -0.1) is 0 Å². The highest BCUT2D eigenvalue weighted by atomic mass is 35.5. The lowest BCUT2D eigenvalue weighted by Gasteiger charge is -2.14. The summed E-state index contributed by atoms with van der Waals surface area (Å²) < 4.78 is 10.6. The van der Waals surface area contributed by atoms with Gasteiger partial charge in [0.25, 0.3) is 0 Å². The predicted molar refractivity (Wildman–Crippen MR) is 61.3 cm³/mol. The van der Waals surface area contributed by atoms with Gasteiger partial charge in [-0.3, -0.25) is 0 Å². The molecule has 1 heterocycles. The van der Waals surface area contributed by atoms with Crippen molar-refractivity contribution in [3.05, 3.63) is 34.9 Å². The molecule has 0 aromatic heterocycles. The molecule has 1 unspecified atom stereocenters. The van der Waals surface area contributed by atoms with Gasteiger partial charge in [0.15, 0.2) is 6.29 Å². The lowest BCUT2D eigenvalue weighted by molar-refractivity contribution is -0.0541. The van der Waals surface area contributed by atoms with E-state index in [-0.39, 0.29) is 6.29 Å². The molecule has 16 heavy (non-hydrogen) atoms. The molecule has 1 aromatic rings. The van der Waals surface area contributed by atoms with E-state index in [1.807, 2.05) is 18.2 Å². The average Bonchev–Trinajstić information content (AvgIpc) is 2.79. The van der Waals surface area contributed by atoms with Gasteiger partial charge < -0.3 is 14.6 Å². The summed E-state index contributed by atoms with van der Waals surface area (Å²) in [5, 5.41) is 10.6. The normalized spacial score (nSPS) is 18.9. The van der Waals surface area contributed by atoms with E-state index < -0.39 is 6.10 Å². The summed E-state index contributed by atoms with van der Waals surface area (Å²) in [6, 6.07) is 7.33. The fourth-order valence-corrected chi connectivity index (χ4v) is 2.03. The standard InChI is InChI=1S/C12H15ClO3/c13-10-4-2-1-3-9(10)11(14)5-6-12-15-7-8-16-12/h1-4,11-12,14H,5-8H2. The van der Waals surface area contributed by atoms with Gasteiger partial charge in [0.05, 0.1) is 19.3 Å². The molecule has 0 bridgehead atoms. The highest BCUT2D eigenvalue weighted by Gasteiger charge is 2.18. The Hall–Kier alpha value is -0.610. The summed E-state index contributed by atoms with van der Waals surface area (Å²) in [7, 11) is 0. The highest BCUT2D eigenvalue weighted by molar-refractivity contribution is 6.31. The second-order valence-corrected chi connectivity index (χ2v) is 4.19. The number of halogens is 1. The topological polar surface area (TPSA) is 38.7 Å². The van der Waals surface area contributed by atoms with E-state index in [9.17, 15) is 5.11 Å². The highest BCUT2D eigenvalue weighted by Crippen LogP contribution is 2.27. The van der Waals surface area contributed by atoms with E-state index in [0.717, 1.165) is 5.56 Å². The number of aliphatic hydroxyl groups is 1. The van der Waals surface area contributed by atoms with Crippen LogP contribution in [0.1, 0.15) is 24.5 Å². The van der Waals surface area contributed by atoms with Gasteiger partial charge >= 0.3 is 0 Å². The minimum atomic E-state index is -0.554. The zero-order chi connectivity index (χ0) is 11.4. The quantitative estimate of drug-likeness (QED) is 0.882. The molecule has 0 spiro atoms. The van der Waals surface area contributed by atoms with Crippen LogP contribution in [0.5, 0.6) is 0 Å². The summed E-state index contributed by atoms with van der Waals surface area (Å²) in [4.78, 5) is 0. The Morgan fingerprint density at radius 1 is 1.31 bits per heavy atom. The summed E-state index contributed by atoms with van der Waals surface area (Å²) in [6.07, 6.45) is 0.555. The van der Waals surface area contributed by atoms with Crippen LogP contribution in [0.2, 0.25) is 5.02 Å². The van der Waals surface area contributed by atoms with Crippen LogP contribution in [-0.2, 0) is 9.47 Å². The molecule has 0 aliphatic carbocycles. The number of benzene rings is 1. The Bertz CT molecular complexity index is 337.